The summed E-state index contributed by atoms with van der Waals surface area (Å²) >= 11 is 0. The van der Waals surface area contributed by atoms with Gasteiger partial charge in [0, 0.05) is 13.1 Å². The van der Waals surface area contributed by atoms with Crippen LogP contribution in [0.3, 0.4) is 0 Å². The van der Waals surface area contributed by atoms with Crippen LogP contribution >= 0.6 is 0 Å². The quantitative estimate of drug-likeness (QED) is 0.858. The molecule has 3 nitrogen and oxygen atoms in total. The van der Waals surface area contributed by atoms with Gasteiger partial charge in [0.1, 0.15) is 11.6 Å². The molecule has 2 N–H and O–H groups in total. The number of rotatable bonds is 3. The molecule has 1 heterocycles. The average molecular weight is 235 g/mol. The van der Waals surface area contributed by atoms with E-state index in [4.69, 9.17) is 0 Å². The molecule has 0 spiro atoms. The lowest BCUT2D eigenvalue weighted by atomic mass is 10.2. The summed E-state index contributed by atoms with van der Waals surface area (Å²) < 4.78 is 26.3. The summed E-state index contributed by atoms with van der Waals surface area (Å²) in [5.74, 6) is -1.01. The zero-order valence-electron chi connectivity index (χ0n) is 9.17. The van der Waals surface area contributed by atoms with E-state index < -0.39 is 11.6 Å². The third kappa shape index (κ3) is 2.69. The van der Waals surface area contributed by atoms with Crippen LogP contribution in [0.1, 0.15) is 0 Å². The Morgan fingerprint density at radius 3 is 2.59 bits per heavy atom. The molecule has 2 aromatic rings. The van der Waals surface area contributed by atoms with E-state index >= 15 is 0 Å². The van der Waals surface area contributed by atoms with E-state index in [0.717, 1.165) is 23.9 Å². The van der Waals surface area contributed by atoms with Crippen molar-refractivity contribution in [1.82, 2.24) is 4.98 Å². The van der Waals surface area contributed by atoms with Gasteiger partial charge in [-0.2, -0.15) is 0 Å². The summed E-state index contributed by atoms with van der Waals surface area (Å²) in [6.07, 6.45) is 3.16. The summed E-state index contributed by atoms with van der Waals surface area (Å²) in [5.41, 5.74) is 1.45. The van der Waals surface area contributed by atoms with Crippen LogP contribution < -0.4 is 10.6 Å². The number of hydrogen-bond acceptors (Lipinski definition) is 3. The van der Waals surface area contributed by atoms with Gasteiger partial charge in [0.05, 0.1) is 29.5 Å². The molecule has 0 fully saturated rings. The average Bonchev–Trinajstić information content (AvgIpc) is 2.34. The molecule has 0 amide bonds. The summed E-state index contributed by atoms with van der Waals surface area (Å²) in [6.45, 7) is 0. The molecule has 17 heavy (non-hydrogen) atoms. The highest BCUT2D eigenvalue weighted by molar-refractivity contribution is 5.63. The summed E-state index contributed by atoms with van der Waals surface area (Å²) in [6, 6.07) is 4.99. The second-order valence-electron chi connectivity index (χ2n) is 3.46. The molecule has 0 aliphatic heterocycles. The van der Waals surface area contributed by atoms with E-state index in [9.17, 15) is 8.78 Å². The number of halogens is 2. The fourth-order valence-electron chi connectivity index (χ4n) is 1.39. The van der Waals surface area contributed by atoms with Crippen molar-refractivity contribution in [2.24, 2.45) is 0 Å². The van der Waals surface area contributed by atoms with Crippen LogP contribution in [0.25, 0.3) is 0 Å². The molecule has 88 valence electrons. The Kier molecular flexibility index (Phi) is 3.18. The summed E-state index contributed by atoms with van der Waals surface area (Å²) in [5, 5.41) is 5.68. The molecule has 0 unspecified atom stereocenters. The zero-order chi connectivity index (χ0) is 12.3. The van der Waals surface area contributed by atoms with Gasteiger partial charge in [0.2, 0.25) is 0 Å². The largest absolute Gasteiger partial charge is 0.387 e. The number of hydrogen-bond donors (Lipinski definition) is 2. The Labute approximate surface area is 97.5 Å². The van der Waals surface area contributed by atoms with Gasteiger partial charge in [-0.1, -0.05) is 0 Å². The van der Waals surface area contributed by atoms with Crippen molar-refractivity contribution in [1.29, 1.82) is 0 Å². The lowest BCUT2D eigenvalue weighted by Gasteiger charge is -2.08. The Hall–Kier alpha value is -2.17. The predicted octanol–water partition coefficient (Wildman–Crippen LogP) is 3.15. The van der Waals surface area contributed by atoms with E-state index in [1.54, 1.807) is 19.3 Å². The number of benzene rings is 1. The van der Waals surface area contributed by atoms with E-state index in [0.29, 0.717) is 5.69 Å². The third-order valence-corrected chi connectivity index (χ3v) is 2.23. The van der Waals surface area contributed by atoms with Crippen molar-refractivity contribution >= 4 is 17.1 Å². The molecular formula is C12H11F2N3. The zero-order valence-corrected chi connectivity index (χ0v) is 9.17. The maximum Gasteiger partial charge on any atom is 0.146 e. The van der Waals surface area contributed by atoms with Crippen molar-refractivity contribution in [2.75, 3.05) is 17.7 Å². The van der Waals surface area contributed by atoms with Crippen LogP contribution in [0.5, 0.6) is 0 Å². The Bertz CT molecular complexity index is 529. The van der Waals surface area contributed by atoms with Gasteiger partial charge >= 0.3 is 0 Å². The first-order chi connectivity index (χ1) is 8.19. The second-order valence-corrected chi connectivity index (χ2v) is 3.46. The first kappa shape index (κ1) is 11.3. The lowest BCUT2D eigenvalue weighted by molar-refractivity contribution is 0.603. The standard InChI is InChI=1S/C12H11F2N3/c1-15-9-5-10(7-16-6-9)17-12-4-8(13)2-3-11(12)14/h2-7,15,17H,1H3. The van der Waals surface area contributed by atoms with Gasteiger partial charge in [0.25, 0.3) is 0 Å². The van der Waals surface area contributed by atoms with Gasteiger partial charge in [-0.3, -0.25) is 4.98 Å². The van der Waals surface area contributed by atoms with Crippen molar-refractivity contribution in [3.63, 3.8) is 0 Å². The van der Waals surface area contributed by atoms with Gasteiger partial charge in [0.15, 0.2) is 0 Å². The number of aromatic nitrogens is 1. The fraction of sp³-hybridized carbons (Fsp3) is 0.0833. The highest BCUT2D eigenvalue weighted by Crippen LogP contribution is 2.21. The highest BCUT2D eigenvalue weighted by atomic mass is 19.1. The maximum absolute atomic E-state index is 13.4. The predicted molar refractivity (Wildman–Crippen MR) is 63.4 cm³/mol. The second kappa shape index (κ2) is 4.78. The van der Waals surface area contributed by atoms with Crippen LogP contribution in [0.2, 0.25) is 0 Å². The van der Waals surface area contributed by atoms with Crippen molar-refractivity contribution in [3.8, 4) is 0 Å². The van der Waals surface area contributed by atoms with Gasteiger partial charge in [-0.15, -0.1) is 0 Å². The molecule has 0 saturated heterocycles. The van der Waals surface area contributed by atoms with Crippen LogP contribution in [-0.2, 0) is 0 Å². The van der Waals surface area contributed by atoms with E-state index in [1.807, 2.05) is 0 Å². The van der Waals surface area contributed by atoms with Crippen molar-refractivity contribution < 1.29 is 8.78 Å². The lowest BCUT2D eigenvalue weighted by Crippen LogP contribution is -1.97. The molecular weight excluding hydrogens is 224 g/mol. The molecule has 5 heteroatoms. The van der Waals surface area contributed by atoms with E-state index in [2.05, 4.69) is 15.6 Å². The van der Waals surface area contributed by atoms with Crippen LogP contribution in [0, 0.1) is 11.6 Å². The van der Waals surface area contributed by atoms with Crippen LogP contribution in [-0.4, -0.2) is 12.0 Å². The van der Waals surface area contributed by atoms with E-state index in [-0.39, 0.29) is 5.69 Å². The molecule has 0 aliphatic rings. The van der Waals surface area contributed by atoms with Crippen LogP contribution in [0.4, 0.5) is 25.8 Å². The van der Waals surface area contributed by atoms with Crippen molar-refractivity contribution in [3.05, 3.63) is 48.3 Å². The smallest absolute Gasteiger partial charge is 0.146 e. The molecule has 0 radical (unpaired) electrons. The molecule has 0 atom stereocenters. The Balaban J connectivity index is 2.27. The Morgan fingerprint density at radius 1 is 1.06 bits per heavy atom. The monoisotopic (exact) mass is 235 g/mol. The van der Waals surface area contributed by atoms with Gasteiger partial charge in [-0.25, -0.2) is 8.78 Å². The van der Waals surface area contributed by atoms with Gasteiger partial charge < -0.3 is 10.6 Å². The number of pyridine rings is 1. The summed E-state index contributed by atoms with van der Waals surface area (Å²) in [4.78, 5) is 3.96. The molecule has 0 saturated carbocycles. The molecule has 1 aromatic heterocycles. The first-order valence-electron chi connectivity index (χ1n) is 5.04. The normalized spacial score (nSPS) is 10.1. The topological polar surface area (TPSA) is 37.0 Å². The van der Waals surface area contributed by atoms with Gasteiger partial charge in [-0.05, 0) is 18.2 Å². The minimum Gasteiger partial charge on any atom is -0.387 e. The highest BCUT2D eigenvalue weighted by Gasteiger charge is 2.04. The molecule has 0 aliphatic carbocycles. The minimum absolute atomic E-state index is 0.0834. The molecule has 1 aromatic carbocycles. The van der Waals surface area contributed by atoms with Crippen LogP contribution in [0.15, 0.2) is 36.7 Å². The van der Waals surface area contributed by atoms with Crippen molar-refractivity contribution in [2.45, 2.75) is 0 Å². The Morgan fingerprint density at radius 2 is 1.82 bits per heavy atom. The minimum atomic E-state index is -0.513. The SMILES string of the molecule is CNc1cncc(Nc2cc(F)ccc2F)c1. The first-order valence-corrected chi connectivity index (χ1v) is 5.04. The number of nitrogens with zero attached hydrogens (tertiary/aromatic N) is 1. The van der Waals surface area contributed by atoms with E-state index in [1.165, 1.54) is 6.20 Å². The number of nitrogens with one attached hydrogen (secondary N) is 2. The maximum atomic E-state index is 13.4. The summed E-state index contributed by atoms with van der Waals surface area (Å²) in [7, 11) is 1.75. The third-order valence-electron chi connectivity index (χ3n) is 2.23. The fourth-order valence-corrected chi connectivity index (χ4v) is 1.39. The number of anilines is 3. The molecule has 0 bridgehead atoms. The molecule has 2 rings (SSSR count).